The van der Waals surface area contributed by atoms with Crippen LogP contribution in [0.25, 0.3) is 0 Å². The summed E-state index contributed by atoms with van der Waals surface area (Å²) in [6, 6.07) is 13.5. The van der Waals surface area contributed by atoms with Crippen LogP contribution in [0, 0.1) is 18.8 Å². The fraction of sp³-hybridized carbons (Fsp3) is 0.531. The maximum absolute atomic E-state index is 13.5. The SMILES string of the molecule is CC.Cc1ccc2cc1CNC(=O)C(C1Cc3ccccc3C1)NC(=O)CCC(=O)N1CCCC(CCO2)C1. The minimum Gasteiger partial charge on any atom is -0.494 e. The largest absolute Gasteiger partial charge is 0.494 e. The van der Waals surface area contributed by atoms with Gasteiger partial charge in [-0.3, -0.25) is 14.4 Å². The molecule has 1 aliphatic carbocycles. The zero-order chi connectivity index (χ0) is 27.8. The zero-order valence-corrected chi connectivity index (χ0v) is 23.6. The second kappa shape index (κ2) is 13.6. The standard InChI is InChI=1S/C30H37N3O4.C2H6/c1-20-8-9-26-17-25(20)18-31-30(36)29(24-15-22-6-2-3-7-23(22)16-24)32-27(34)10-11-28(35)33-13-4-5-21(19-33)12-14-37-26;1-2/h2-3,6-9,17,21,24,29H,4-5,10-16,18-19H2,1H3,(H,31,36)(H,32,34);1-2H3. The zero-order valence-electron chi connectivity index (χ0n) is 23.6. The lowest BCUT2D eigenvalue weighted by molar-refractivity contribution is -0.136. The maximum Gasteiger partial charge on any atom is 0.243 e. The quantitative estimate of drug-likeness (QED) is 0.571. The van der Waals surface area contributed by atoms with Crippen molar-refractivity contribution >= 4 is 17.7 Å². The van der Waals surface area contributed by atoms with Gasteiger partial charge in [0.05, 0.1) is 6.61 Å². The van der Waals surface area contributed by atoms with E-state index in [2.05, 4.69) is 22.8 Å². The molecule has 3 aliphatic rings. The van der Waals surface area contributed by atoms with E-state index in [4.69, 9.17) is 4.74 Å². The number of aryl methyl sites for hydroxylation is 1. The highest BCUT2D eigenvalue weighted by Crippen LogP contribution is 2.29. The van der Waals surface area contributed by atoms with E-state index in [0.29, 0.717) is 25.6 Å². The summed E-state index contributed by atoms with van der Waals surface area (Å²) < 4.78 is 6.07. The van der Waals surface area contributed by atoms with Crippen LogP contribution in [0.1, 0.15) is 68.2 Å². The van der Waals surface area contributed by atoms with Crippen LogP contribution in [0.3, 0.4) is 0 Å². The molecular weight excluding hydrogens is 490 g/mol. The highest BCUT2D eigenvalue weighted by molar-refractivity contribution is 5.89. The summed E-state index contributed by atoms with van der Waals surface area (Å²) in [5.41, 5.74) is 4.53. The summed E-state index contributed by atoms with van der Waals surface area (Å²) in [6.45, 7) is 8.44. The number of hydrogen-bond donors (Lipinski definition) is 2. The van der Waals surface area contributed by atoms with Crippen molar-refractivity contribution in [2.45, 2.75) is 78.3 Å². The van der Waals surface area contributed by atoms with Crippen LogP contribution < -0.4 is 15.4 Å². The molecule has 2 aliphatic heterocycles. The molecule has 2 aromatic carbocycles. The Bertz CT molecular complexity index is 1140. The van der Waals surface area contributed by atoms with Crippen LogP contribution in [0.2, 0.25) is 0 Å². The first-order valence-electron chi connectivity index (χ1n) is 14.6. The van der Waals surface area contributed by atoms with Gasteiger partial charge in [0.1, 0.15) is 11.8 Å². The predicted octanol–water partition coefficient (Wildman–Crippen LogP) is 4.34. The van der Waals surface area contributed by atoms with E-state index in [1.165, 1.54) is 11.1 Å². The molecule has 39 heavy (non-hydrogen) atoms. The topological polar surface area (TPSA) is 87.7 Å². The Labute approximate surface area is 232 Å². The Morgan fingerprint density at radius 3 is 2.41 bits per heavy atom. The third-order valence-corrected chi connectivity index (χ3v) is 8.16. The summed E-state index contributed by atoms with van der Waals surface area (Å²) in [6.07, 6.45) is 4.68. The Hall–Kier alpha value is -3.35. The van der Waals surface area contributed by atoms with Crippen molar-refractivity contribution in [1.29, 1.82) is 0 Å². The minimum absolute atomic E-state index is 0.0133. The number of nitrogens with zero attached hydrogens (tertiary/aromatic N) is 1. The van der Waals surface area contributed by atoms with E-state index in [-0.39, 0.29) is 36.5 Å². The van der Waals surface area contributed by atoms with E-state index in [1.807, 2.05) is 56.0 Å². The number of hydrogen-bond acceptors (Lipinski definition) is 4. The van der Waals surface area contributed by atoms with Crippen molar-refractivity contribution in [2.75, 3.05) is 19.7 Å². The molecule has 2 unspecified atom stereocenters. The van der Waals surface area contributed by atoms with Gasteiger partial charge in [0.15, 0.2) is 0 Å². The Morgan fingerprint density at radius 1 is 0.923 bits per heavy atom. The molecule has 1 fully saturated rings. The van der Waals surface area contributed by atoms with Crippen LogP contribution in [-0.4, -0.2) is 48.4 Å². The number of ether oxygens (including phenoxy) is 1. The lowest BCUT2D eigenvalue weighted by atomic mass is 9.94. The number of carbonyl (C=O) groups is 3. The summed E-state index contributed by atoms with van der Waals surface area (Å²) in [5.74, 6) is 0.744. The Kier molecular flexibility index (Phi) is 10.0. The molecule has 7 nitrogen and oxygen atoms in total. The normalized spacial score (nSPS) is 22.7. The van der Waals surface area contributed by atoms with Crippen LogP contribution in [0.15, 0.2) is 42.5 Å². The van der Waals surface area contributed by atoms with Crippen LogP contribution >= 0.6 is 0 Å². The van der Waals surface area contributed by atoms with E-state index in [9.17, 15) is 14.4 Å². The summed E-state index contributed by atoms with van der Waals surface area (Å²) in [5, 5.41) is 6.07. The molecule has 0 spiro atoms. The summed E-state index contributed by atoms with van der Waals surface area (Å²) >= 11 is 0. The first-order valence-corrected chi connectivity index (χ1v) is 14.6. The Morgan fingerprint density at radius 2 is 1.67 bits per heavy atom. The maximum atomic E-state index is 13.5. The number of nitrogens with one attached hydrogen (secondary N) is 2. The van der Waals surface area contributed by atoms with Gasteiger partial charge in [-0.2, -0.15) is 0 Å². The first-order chi connectivity index (χ1) is 19.0. The molecule has 1 saturated heterocycles. The second-order valence-electron chi connectivity index (χ2n) is 10.8. The molecule has 2 N–H and O–H groups in total. The molecule has 7 heteroatoms. The van der Waals surface area contributed by atoms with E-state index < -0.39 is 6.04 Å². The highest BCUT2D eigenvalue weighted by atomic mass is 16.5. The molecule has 5 rings (SSSR count). The molecule has 0 radical (unpaired) electrons. The highest BCUT2D eigenvalue weighted by Gasteiger charge is 2.34. The molecule has 4 bridgehead atoms. The van der Waals surface area contributed by atoms with Crippen LogP contribution in [0.4, 0.5) is 0 Å². The molecule has 0 aromatic heterocycles. The molecule has 2 atom stereocenters. The van der Waals surface area contributed by atoms with E-state index in [0.717, 1.165) is 55.5 Å². The van der Waals surface area contributed by atoms with Crippen molar-refractivity contribution in [3.63, 3.8) is 0 Å². The van der Waals surface area contributed by atoms with Gasteiger partial charge in [-0.25, -0.2) is 0 Å². The van der Waals surface area contributed by atoms with Gasteiger partial charge in [0.2, 0.25) is 17.7 Å². The third kappa shape index (κ3) is 7.40. The monoisotopic (exact) mass is 533 g/mol. The summed E-state index contributed by atoms with van der Waals surface area (Å²) in [4.78, 5) is 41.3. The summed E-state index contributed by atoms with van der Waals surface area (Å²) in [7, 11) is 0. The molecule has 0 saturated carbocycles. The van der Waals surface area contributed by atoms with Gasteiger partial charge in [0, 0.05) is 32.5 Å². The molecule has 3 amide bonds. The number of fused-ring (bicyclic) bond motifs is 5. The van der Waals surface area contributed by atoms with Gasteiger partial charge in [0.25, 0.3) is 0 Å². The van der Waals surface area contributed by atoms with Crippen molar-refractivity contribution < 1.29 is 19.1 Å². The minimum atomic E-state index is -0.659. The van der Waals surface area contributed by atoms with Gasteiger partial charge in [-0.15, -0.1) is 0 Å². The number of amides is 3. The molecule has 2 aromatic rings. The Balaban J connectivity index is 0.00000172. The fourth-order valence-electron chi connectivity index (χ4n) is 5.94. The van der Waals surface area contributed by atoms with E-state index >= 15 is 0 Å². The fourth-order valence-corrected chi connectivity index (χ4v) is 5.94. The smallest absolute Gasteiger partial charge is 0.243 e. The van der Waals surface area contributed by atoms with E-state index in [1.54, 1.807) is 0 Å². The van der Waals surface area contributed by atoms with Crippen molar-refractivity contribution in [3.8, 4) is 5.75 Å². The average Bonchev–Trinajstić information content (AvgIpc) is 3.39. The predicted molar refractivity (Wildman–Crippen MR) is 152 cm³/mol. The molecular formula is C32H43N3O4. The van der Waals surface area contributed by atoms with Crippen molar-refractivity contribution in [1.82, 2.24) is 15.5 Å². The van der Waals surface area contributed by atoms with Gasteiger partial charge < -0.3 is 20.3 Å². The lowest BCUT2D eigenvalue weighted by Gasteiger charge is -2.33. The molecule has 2 heterocycles. The van der Waals surface area contributed by atoms with Crippen LogP contribution in [-0.2, 0) is 33.8 Å². The molecule has 210 valence electrons. The van der Waals surface area contributed by atoms with Crippen molar-refractivity contribution in [3.05, 3.63) is 64.7 Å². The number of rotatable bonds is 1. The number of carbonyl (C=O) groups excluding carboxylic acids is 3. The lowest BCUT2D eigenvalue weighted by Crippen LogP contribution is -2.51. The van der Waals surface area contributed by atoms with Gasteiger partial charge >= 0.3 is 0 Å². The van der Waals surface area contributed by atoms with Gasteiger partial charge in [-0.1, -0.05) is 44.2 Å². The van der Waals surface area contributed by atoms with Gasteiger partial charge in [-0.05, 0) is 85.3 Å². The average molecular weight is 534 g/mol. The third-order valence-electron chi connectivity index (χ3n) is 8.16. The number of benzene rings is 2. The van der Waals surface area contributed by atoms with Crippen LogP contribution in [0.5, 0.6) is 5.75 Å². The number of piperidine rings is 1. The van der Waals surface area contributed by atoms with Crippen molar-refractivity contribution in [2.24, 2.45) is 11.8 Å². The first kappa shape index (κ1) is 28.7. The second-order valence-corrected chi connectivity index (χ2v) is 10.8.